The second-order valence-corrected chi connectivity index (χ2v) is 13.2. The first-order valence-corrected chi connectivity index (χ1v) is 16.6. The fraction of sp³-hybridized carbons (Fsp3) is 0.0952. The Balaban J connectivity index is 1.52. The van der Waals surface area contributed by atoms with Gasteiger partial charge >= 0.3 is 0 Å². The Bertz CT molecular complexity index is 2000. The first kappa shape index (κ1) is 30.2. The molecule has 0 amide bonds. The lowest BCUT2D eigenvalue weighted by Gasteiger charge is -2.52. The van der Waals surface area contributed by atoms with Crippen molar-refractivity contribution < 1.29 is 9.59 Å². The van der Waals surface area contributed by atoms with Crippen LogP contribution in [0.1, 0.15) is 55.1 Å². The molecule has 4 atom stereocenters. The maximum Gasteiger partial charge on any atom is 0.177 e. The van der Waals surface area contributed by atoms with Crippen molar-refractivity contribution in [2.24, 2.45) is 0 Å². The highest BCUT2D eigenvalue weighted by molar-refractivity contribution is 6.31. The summed E-state index contributed by atoms with van der Waals surface area (Å²) >= 11 is 12.6. The van der Waals surface area contributed by atoms with Crippen molar-refractivity contribution in [3.8, 4) is 0 Å². The maximum absolute atomic E-state index is 15.8. The highest BCUT2D eigenvalue weighted by Gasteiger charge is 2.74. The molecule has 2 aliphatic rings. The van der Waals surface area contributed by atoms with Crippen LogP contribution in [0.4, 0.5) is 11.4 Å². The minimum atomic E-state index is -1.47. The number of Topliss-reactive ketones (excluding diaryl/α,β-unsaturated/α-hetero) is 2. The van der Waals surface area contributed by atoms with E-state index in [4.69, 9.17) is 23.2 Å². The predicted molar refractivity (Wildman–Crippen MR) is 193 cm³/mol. The van der Waals surface area contributed by atoms with E-state index in [1.807, 2.05) is 158 Å². The molecule has 0 aromatic heterocycles. The standard InChI is InChI=1S/C42H30Cl2N2O2/c43-29-19-23-31(24-20-29)45-37-33-15-7-9-17-35(33)39(47)41(37,27-11-3-1-4-12-27)42(28-13-5-2-6-14-28)38(46-32-25-21-30(44)22-26-32)34-16-8-10-18-36(34)40(42)48/h1-26,37-38,45-46H. The number of rotatable bonds is 7. The van der Waals surface area contributed by atoms with Crippen molar-refractivity contribution in [2.45, 2.75) is 22.9 Å². The van der Waals surface area contributed by atoms with Crippen molar-refractivity contribution in [2.75, 3.05) is 10.6 Å². The summed E-state index contributed by atoms with van der Waals surface area (Å²) in [6.45, 7) is 0. The van der Waals surface area contributed by atoms with Crippen LogP contribution in [-0.2, 0) is 10.8 Å². The summed E-state index contributed by atoms with van der Waals surface area (Å²) in [7, 11) is 0. The van der Waals surface area contributed by atoms with Gasteiger partial charge in [-0.3, -0.25) is 9.59 Å². The Kier molecular flexibility index (Phi) is 7.43. The molecule has 234 valence electrons. The van der Waals surface area contributed by atoms with Crippen LogP contribution in [0.3, 0.4) is 0 Å². The van der Waals surface area contributed by atoms with Crippen molar-refractivity contribution in [3.05, 3.63) is 201 Å². The topological polar surface area (TPSA) is 58.2 Å². The molecule has 4 unspecified atom stereocenters. The third-order valence-corrected chi connectivity index (χ3v) is 10.5. The predicted octanol–water partition coefficient (Wildman–Crippen LogP) is 10.3. The van der Waals surface area contributed by atoms with Crippen LogP contribution in [0.5, 0.6) is 0 Å². The van der Waals surface area contributed by atoms with Crippen LogP contribution in [0.25, 0.3) is 0 Å². The molecule has 0 bridgehead atoms. The van der Waals surface area contributed by atoms with Gasteiger partial charge in [-0.05, 0) is 70.8 Å². The molecule has 0 spiro atoms. The molecule has 0 saturated carbocycles. The van der Waals surface area contributed by atoms with Gasteiger partial charge in [0.25, 0.3) is 0 Å². The van der Waals surface area contributed by atoms with Gasteiger partial charge in [0.1, 0.15) is 10.8 Å². The van der Waals surface area contributed by atoms with Crippen molar-refractivity contribution in [1.82, 2.24) is 0 Å². The molecule has 0 fully saturated rings. The fourth-order valence-electron chi connectivity index (χ4n) is 8.13. The number of halogens is 2. The van der Waals surface area contributed by atoms with Crippen LogP contribution in [0, 0.1) is 0 Å². The normalized spacial score (nSPS) is 22.6. The number of nitrogens with one attached hydrogen (secondary N) is 2. The van der Waals surface area contributed by atoms with Crippen molar-refractivity contribution in [3.63, 3.8) is 0 Å². The monoisotopic (exact) mass is 664 g/mol. The minimum absolute atomic E-state index is 0.122. The second kappa shape index (κ2) is 11.8. The molecule has 8 rings (SSSR count). The lowest BCUT2D eigenvalue weighted by Crippen LogP contribution is -2.62. The Morgan fingerprint density at radius 3 is 1.12 bits per heavy atom. The molecule has 0 heterocycles. The highest BCUT2D eigenvalue weighted by Crippen LogP contribution is 2.66. The number of carbonyl (C=O) groups is 2. The van der Waals surface area contributed by atoms with Gasteiger partial charge in [-0.1, -0.05) is 132 Å². The molecule has 0 saturated heterocycles. The van der Waals surface area contributed by atoms with Gasteiger partial charge in [0.05, 0.1) is 12.1 Å². The van der Waals surface area contributed by atoms with E-state index in [2.05, 4.69) is 10.6 Å². The van der Waals surface area contributed by atoms with Crippen LogP contribution in [0.15, 0.2) is 158 Å². The molecular weight excluding hydrogens is 635 g/mol. The van der Waals surface area contributed by atoms with Crippen LogP contribution < -0.4 is 10.6 Å². The fourth-order valence-corrected chi connectivity index (χ4v) is 8.38. The summed E-state index contributed by atoms with van der Waals surface area (Å²) < 4.78 is 0. The molecule has 6 aromatic rings. The zero-order valence-corrected chi connectivity index (χ0v) is 27.3. The van der Waals surface area contributed by atoms with E-state index in [1.165, 1.54) is 0 Å². The van der Waals surface area contributed by atoms with Crippen molar-refractivity contribution >= 4 is 46.1 Å². The van der Waals surface area contributed by atoms with E-state index in [0.29, 0.717) is 21.2 Å². The average Bonchev–Trinajstić information content (AvgIpc) is 3.53. The second-order valence-electron chi connectivity index (χ2n) is 12.3. The van der Waals surface area contributed by atoms with E-state index in [9.17, 15) is 0 Å². The van der Waals surface area contributed by atoms with Gasteiger partial charge in [0.15, 0.2) is 11.6 Å². The van der Waals surface area contributed by atoms with E-state index in [-0.39, 0.29) is 11.6 Å². The largest absolute Gasteiger partial charge is 0.377 e. The Morgan fingerprint density at radius 2 is 0.750 bits per heavy atom. The molecule has 6 aromatic carbocycles. The number of anilines is 2. The van der Waals surface area contributed by atoms with Crippen molar-refractivity contribution in [1.29, 1.82) is 0 Å². The molecule has 0 radical (unpaired) electrons. The molecule has 0 aliphatic heterocycles. The summed E-state index contributed by atoms with van der Waals surface area (Å²) in [5.41, 5.74) is 2.91. The minimum Gasteiger partial charge on any atom is -0.377 e. The number of ketones is 2. The lowest BCUT2D eigenvalue weighted by molar-refractivity contribution is 0.0631. The van der Waals surface area contributed by atoms with Gasteiger partial charge in [-0.2, -0.15) is 0 Å². The van der Waals surface area contributed by atoms with E-state index < -0.39 is 22.9 Å². The quantitative estimate of drug-likeness (QED) is 0.178. The maximum atomic E-state index is 15.8. The van der Waals surface area contributed by atoms with Gasteiger partial charge in [-0.25, -0.2) is 0 Å². The number of fused-ring (bicyclic) bond motifs is 2. The molecule has 2 aliphatic carbocycles. The summed E-state index contributed by atoms with van der Waals surface area (Å²) in [6, 6.07) is 48.7. The summed E-state index contributed by atoms with van der Waals surface area (Å²) in [4.78, 5) is 31.6. The smallest absolute Gasteiger partial charge is 0.177 e. The summed E-state index contributed by atoms with van der Waals surface area (Å²) in [5, 5.41) is 8.76. The third kappa shape index (κ3) is 4.37. The molecule has 48 heavy (non-hydrogen) atoms. The van der Waals surface area contributed by atoms with E-state index in [1.54, 1.807) is 0 Å². The first-order chi connectivity index (χ1) is 23.5. The Hall–Kier alpha value is -5.16. The van der Waals surface area contributed by atoms with Crippen LogP contribution in [-0.4, -0.2) is 11.6 Å². The highest BCUT2D eigenvalue weighted by atomic mass is 35.5. The third-order valence-electron chi connectivity index (χ3n) is 10.0. The van der Waals surface area contributed by atoms with E-state index in [0.717, 1.165) is 33.6 Å². The number of carbonyl (C=O) groups excluding carboxylic acids is 2. The molecule has 6 heteroatoms. The average molecular weight is 666 g/mol. The molecular formula is C42H30Cl2N2O2. The van der Waals surface area contributed by atoms with Crippen LogP contribution >= 0.6 is 23.2 Å². The zero-order valence-electron chi connectivity index (χ0n) is 25.7. The molecule has 2 N–H and O–H groups in total. The number of hydrogen-bond acceptors (Lipinski definition) is 4. The first-order valence-electron chi connectivity index (χ1n) is 15.9. The van der Waals surface area contributed by atoms with Gasteiger partial charge in [0.2, 0.25) is 0 Å². The SMILES string of the molecule is O=C1c2ccccc2C(Nc2ccc(Cl)cc2)C1(c1ccccc1)C1(c2ccccc2)C(=O)c2ccccc2C1Nc1ccc(Cl)cc1. The van der Waals surface area contributed by atoms with Crippen LogP contribution in [0.2, 0.25) is 10.0 Å². The number of hydrogen-bond donors (Lipinski definition) is 2. The lowest BCUT2D eigenvalue weighted by atomic mass is 9.50. The van der Waals surface area contributed by atoms with Gasteiger partial charge in [-0.15, -0.1) is 0 Å². The van der Waals surface area contributed by atoms with Gasteiger partial charge < -0.3 is 10.6 Å². The Labute approximate surface area is 289 Å². The summed E-state index contributed by atoms with van der Waals surface area (Å²) in [5.74, 6) is -0.243. The summed E-state index contributed by atoms with van der Waals surface area (Å²) in [6.07, 6.45) is 0. The zero-order chi connectivity index (χ0) is 32.9. The van der Waals surface area contributed by atoms with E-state index >= 15 is 9.59 Å². The molecule has 4 nitrogen and oxygen atoms in total. The Morgan fingerprint density at radius 1 is 0.417 bits per heavy atom. The number of benzene rings is 6. The van der Waals surface area contributed by atoms with Gasteiger partial charge in [0, 0.05) is 32.5 Å².